The molecule has 2 aromatic rings. The monoisotopic (exact) mass is 290 g/mol. The molecule has 0 amide bonds. The van der Waals surface area contributed by atoms with Gasteiger partial charge in [0.05, 0.1) is 0 Å². The van der Waals surface area contributed by atoms with Crippen LogP contribution in [0.5, 0.6) is 0 Å². The molecular formula is C22H26. The molecule has 0 heteroatoms. The van der Waals surface area contributed by atoms with Gasteiger partial charge in [-0.05, 0) is 45.6 Å². The first kappa shape index (κ1) is 15.1. The van der Waals surface area contributed by atoms with E-state index < -0.39 is 0 Å². The number of hydrogen-bond donors (Lipinski definition) is 0. The van der Waals surface area contributed by atoms with Crippen LogP contribution in [0.15, 0.2) is 48.0 Å². The quantitative estimate of drug-likeness (QED) is 0.595. The Hall–Kier alpha value is -1.82. The molecule has 1 aliphatic carbocycles. The predicted octanol–water partition coefficient (Wildman–Crippen LogP) is 6.46. The molecule has 3 rings (SSSR count). The van der Waals surface area contributed by atoms with Crippen molar-refractivity contribution in [1.82, 2.24) is 0 Å². The summed E-state index contributed by atoms with van der Waals surface area (Å²) in [5, 5.41) is 0. The number of benzene rings is 2. The van der Waals surface area contributed by atoms with Gasteiger partial charge in [-0.25, -0.2) is 0 Å². The zero-order chi connectivity index (χ0) is 15.9. The van der Waals surface area contributed by atoms with E-state index >= 15 is 0 Å². The molecule has 0 saturated heterocycles. The lowest BCUT2D eigenvalue weighted by Gasteiger charge is -2.19. The topological polar surface area (TPSA) is 0 Å². The lowest BCUT2D eigenvalue weighted by Crippen LogP contribution is -2.08. The van der Waals surface area contributed by atoms with Gasteiger partial charge < -0.3 is 0 Å². The standard InChI is InChI=1S/C22H26/c1-15(2)19-12-11-17-13-18(22(3,4)5)14-20(17)21(19)16-9-7-6-8-10-16/h6-12,14-15H,13H2,1-5H3. The van der Waals surface area contributed by atoms with E-state index in [1.807, 2.05) is 0 Å². The maximum atomic E-state index is 2.45. The lowest BCUT2D eigenvalue weighted by molar-refractivity contribution is 0.498. The van der Waals surface area contributed by atoms with Crippen LogP contribution in [0.25, 0.3) is 17.2 Å². The fourth-order valence-electron chi connectivity index (χ4n) is 3.32. The Balaban J connectivity index is 2.24. The predicted molar refractivity (Wildman–Crippen MR) is 97.1 cm³/mol. The lowest BCUT2D eigenvalue weighted by atomic mass is 9.85. The Kier molecular flexibility index (Phi) is 3.72. The summed E-state index contributed by atoms with van der Waals surface area (Å²) in [4.78, 5) is 0. The second-order valence-electron chi connectivity index (χ2n) is 7.72. The fraction of sp³-hybridized carbons (Fsp3) is 0.364. The first-order chi connectivity index (χ1) is 10.4. The van der Waals surface area contributed by atoms with Crippen LogP contribution in [-0.4, -0.2) is 0 Å². The average Bonchev–Trinajstić information content (AvgIpc) is 2.91. The number of rotatable bonds is 2. The third kappa shape index (κ3) is 2.63. The van der Waals surface area contributed by atoms with Crippen molar-refractivity contribution in [2.24, 2.45) is 5.41 Å². The van der Waals surface area contributed by atoms with Gasteiger partial charge in [-0.1, -0.05) is 88.7 Å². The summed E-state index contributed by atoms with van der Waals surface area (Å²) in [5.41, 5.74) is 8.94. The molecule has 0 aromatic heterocycles. The minimum atomic E-state index is 0.241. The van der Waals surface area contributed by atoms with Gasteiger partial charge in [-0.2, -0.15) is 0 Å². The highest BCUT2D eigenvalue weighted by Gasteiger charge is 2.26. The van der Waals surface area contributed by atoms with E-state index in [9.17, 15) is 0 Å². The number of allylic oxidation sites excluding steroid dienone is 1. The first-order valence-electron chi connectivity index (χ1n) is 8.30. The highest BCUT2D eigenvalue weighted by molar-refractivity contribution is 5.83. The van der Waals surface area contributed by atoms with Crippen molar-refractivity contribution in [1.29, 1.82) is 0 Å². The molecule has 0 radical (unpaired) electrons. The normalized spacial score (nSPS) is 14.2. The largest absolute Gasteiger partial charge is 0.0622 e. The zero-order valence-electron chi connectivity index (χ0n) is 14.4. The molecule has 0 fully saturated rings. The van der Waals surface area contributed by atoms with Gasteiger partial charge in [0, 0.05) is 0 Å². The van der Waals surface area contributed by atoms with E-state index in [0.29, 0.717) is 5.92 Å². The Bertz CT molecular complexity index is 710. The molecule has 0 spiro atoms. The van der Waals surface area contributed by atoms with Gasteiger partial charge in [-0.15, -0.1) is 0 Å². The third-order valence-corrected chi connectivity index (χ3v) is 4.72. The summed E-state index contributed by atoms with van der Waals surface area (Å²) in [6, 6.07) is 15.5. The van der Waals surface area contributed by atoms with Crippen molar-refractivity contribution < 1.29 is 0 Å². The highest BCUT2D eigenvalue weighted by atomic mass is 14.3. The molecule has 0 aliphatic heterocycles. The molecule has 0 N–H and O–H groups in total. The van der Waals surface area contributed by atoms with Crippen molar-refractivity contribution in [3.05, 3.63) is 64.7 Å². The van der Waals surface area contributed by atoms with E-state index in [1.54, 1.807) is 5.57 Å². The molecule has 2 aromatic carbocycles. The second kappa shape index (κ2) is 5.43. The van der Waals surface area contributed by atoms with Crippen molar-refractivity contribution in [3.63, 3.8) is 0 Å². The van der Waals surface area contributed by atoms with Gasteiger partial charge in [0.25, 0.3) is 0 Å². The molecule has 0 bridgehead atoms. The molecule has 0 unspecified atom stereocenters. The molecule has 0 saturated carbocycles. The smallest absolute Gasteiger partial charge is 0.00523 e. The minimum Gasteiger partial charge on any atom is -0.0622 e. The first-order valence-corrected chi connectivity index (χ1v) is 8.30. The van der Waals surface area contributed by atoms with Crippen molar-refractivity contribution >= 4 is 6.08 Å². The summed E-state index contributed by atoms with van der Waals surface area (Å²) in [6.45, 7) is 11.5. The molecule has 22 heavy (non-hydrogen) atoms. The Morgan fingerprint density at radius 3 is 2.18 bits per heavy atom. The Morgan fingerprint density at radius 1 is 0.909 bits per heavy atom. The van der Waals surface area contributed by atoms with E-state index in [1.165, 1.54) is 27.8 Å². The van der Waals surface area contributed by atoms with E-state index in [4.69, 9.17) is 0 Å². The van der Waals surface area contributed by atoms with Gasteiger partial charge in [0.2, 0.25) is 0 Å². The molecular weight excluding hydrogens is 264 g/mol. The summed E-state index contributed by atoms with van der Waals surface area (Å²) in [7, 11) is 0. The van der Waals surface area contributed by atoms with Gasteiger partial charge in [0.15, 0.2) is 0 Å². The van der Waals surface area contributed by atoms with E-state index in [-0.39, 0.29) is 5.41 Å². The summed E-state index contributed by atoms with van der Waals surface area (Å²) in [5.74, 6) is 0.535. The van der Waals surface area contributed by atoms with Crippen LogP contribution in [0.2, 0.25) is 0 Å². The summed E-state index contributed by atoms with van der Waals surface area (Å²) >= 11 is 0. The average molecular weight is 290 g/mol. The minimum absolute atomic E-state index is 0.241. The van der Waals surface area contributed by atoms with Crippen LogP contribution in [-0.2, 0) is 6.42 Å². The van der Waals surface area contributed by atoms with Crippen LogP contribution >= 0.6 is 0 Å². The summed E-state index contributed by atoms with van der Waals surface area (Å²) in [6.07, 6.45) is 3.54. The molecule has 0 nitrogen and oxygen atoms in total. The Morgan fingerprint density at radius 2 is 1.59 bits per heavy atom. The number of fused-ring (bicyclic) bond motifs is 1. The third-order valence-electron chi connectivity index (χ3n) is 4.72. The van der Waals surface area contributed by atoms with Gasteiger partial charge in [-0.3, -0.25) is 0 Å². The van der Waals surface area contributed by atoms with Crippen molar-refractivity contribution in [2.75, 3.05) is 0 Å². The highest BCUT2D eigenvalue weighted by Crippen LogP contribution is 2.43. The van der Waals surface area contributed by atoms with Crippen molar-refractivity contribution in [2.45, 2.75) is 47.0 Å². The molecule has 1 aliphatic rings. The maximum absolute atomic E-state index is 2.45. The Labute approximate surface area is 134 Å². The van der Waals surface area contributed by atoms with Crippen LogP contribution in [0.4, 0.5) is 0 Å². The van der Waals surface area contributed by atoms with Crippen LogP contribution in [0.1, 0.15) is 57.2 Å². The zero-order valence-corrected chi connectivity index (χ0v) is 14.4. The molecule has 114 valence electrons. The fourth-order valence-corrected chi connectivity index (χ4v) is 3.32. The molecule has 0 atom stereocenters. The van der Waals surface area contributed by atoms with Gasteiger partial charge >= 0.3 is 0 Å². The van der Waals surface area contributed by atoms with E-state index in [2.05, 4.69) is 83.2 Å². The van der Waals surface area contributed by atoms with Crippen LogP contribution in [0.3, 0.4) is 0 Å². The number of hydrogen-bond acceptors (Lipinski definition) is 0. The van der Waals surface area contributed by atoms with Crippen LogP contribution in [0, 0.1) is 5.41 Å². The molecule has 0 heterocycles. The second-order valence-corrected chi connectivity index (χ2v) is 7.72. The summed E-state index contributed by atoms with van der Waals surface area (Å²) < 4.78 is 0. The SMILES string of the molecule is CC(C)c1ccc2c(c1-c1ccccc1)C=C(C(C)(C)C)C2. The maximum Gasteiger partial charge on any atom is -0.00523 e. The van der Waals surface area contributed by atoms with Crippen LogP contribution < -0.4 is 0 Å². The van der Waals surface area contributed by atoms with Crippen molar-refractivity contribution in [3.8, 4) is 11.1 Å². The van der Waals surface area contributed by atoms with Gasteiger partial charge in [0.1, 0.15) is 0 Å². The van der Waals surface area contributed by atoms with E-state index in [0.717, 1.165) is 6.42 Å².